The lowest BCUT2D eigenvalue weighted by atomic mass is 10.1. The number of allylic oxidation sites excluding steroid dienone is 1. The number of anilines is 1. The number of carbonyl (C=O) groups is 1. The number of hydrogen-bond donors (Lipinski definition) is 0. The van der Waals surface area contributed by atoms with E-state index in [0.717, 1.165) is 36.5 Å². The van der Waals surface area contributed by atoms with Crippen molar-refractivity contribution < 1.29 is 4.79 Å². The Kier molecular flexibility index (Phi) is 19.5. The molecule has 0 aliphatic heterocycles. The molecule has 4 nitrogen and oxygen atoms in total. The molecule has 0 aromatic carbocycles. The lowest BCUT2D eigenvalue weighted by molar-refractivity contribution is -0.111. The second kappa shape index (κ2) is 19.4. The highest BCUT2D eigenvalue weighted by atomic mass is 16.1. The van der Waals surface area contributed by atoms with E-state index >= 15 is 0 Å². The average Bonchev–Trinajstić information content (AvgIpc) is 2.71. The van der Waals surface area contributed by atoms with Gasteiger partial charge in [-0.1, -0.05) is 60.3 Å². The maximum absolute atomic E-state index is 11.1. The molecule has 0 unspecified atom stereocenters. The van der Waals surface area contributed by atoms with Crippen LogP contribution in [-0.4, -0.2) is 29.6 Å². The van der Waals surface area contributed by atoms with Crippen LogP contribution in [0.4, 0.5) is 5.82 Å². The molecule has 0 radical (unpaired) electrons. The van der Waals surface area contributed by atoms with Crippen molar-refractivity contribution >= 4 is 22.9 Å². The first kappa shape index (κ1) is 29.2. The van der Waals surface area contributed by atoms with Gasteiger partial charge in [0.2, 0.25) is 0 Å². The molecule has 166 valence electrons. The van der Waals surface area contributed by atoms with E-state index in [1.165, 1.54) is 32.6 Å². The number of aliphatic imine (C=N–C) groups is 1. The molecule has 1 heterocycles. The van der Waals surface area contributed by atoms with E-state index < -0.39 is 0 Å². The van der Waals surface area contributed by atoms with Crippen LogP contribution in [0.15, 0.2) is 29.5 Å². The van der Waals surface area contributed by atoms with Crippen LogP contribution < -0.4 is 4.90 Å². The van der Waals surface area contributed by atoms with Gasteiger partial charge in [0.05, 0.1) is 5.71 Å². The van der Waals surface area contributed by atoms with Crippen LogP contribution in [0.25, 0.3) is 5.57 Å². The summed E-state index contributed by atoms with van der Waals surface area (Å²) in [6, 6.07) is 4.08. The molecule has 0 bridgehead atoms. The van der Waals surface area contributed by atoms with Gasteiger partial charge in [0.15, 0.2) is 5.78 Å². The lowest BCUT2D eigenvalue weighted by Crippen LogP contribution is -2.24. The summed E-state index contributed by atoms with van der Waals surface area (Å²) in [7, 11) is 0. The fraction of sp³-hybridized carbons (Fsp3) is 0.640. The van der Waals surface area contributed by atoms with E-state index in [1.54, 1.807) is 13.1 Å². The number of unbranched alkanes of at least 4 members (excludes halogenated alkanes) is 2. The van der Waals surface area contributed by atoms with E-state index in [2.05, 4.69) is 56.4 Å². The summed E-state index contributed by atoms with van der Waals surface area (Å²) in [4.78, 5) is 22.1. The number of nitrogens with zero attached hydrogens (tertiary/aromatic N) is 3. The molecular formula is C25H45N3O. The van der Waals surface area contributed by atoms with E-state index in [0.29, 0.717) is 5.71 Å². The summed E-state index contributed by atoms with van der Waals surface area (Å²) in [5.74, 6) is 0.991. The second-order valence-corrected chi connectivity index (χ2v) is 7.13. The van der Waals surface area contributed by atoms with Gasteiger partial charge >= 0.3 is 0 Å². The summed E-state index contributed by atoms with van der Waals surface area (Å²) in [6.07, 6.45) is 10.0. The monoisotopic (exact) mass is 403 g/mol. The first-order valence-corrected chi connectivity index (χ1v) is 11.3. The van der Waals surface area contributed by atoms with Crippen molar-refractivity contribution in [1.29, 1.82) is 0 Å². The lowest BCUT2D eigenvalue weighted by Gasteiger charge is -2.21. The number of pyridine rings is 1. The standard InChI is InChI=1S/C17H25N3O.C5H12.C3H8/c1-6-10-20(7-2)17-9-8-16(12-19-17)13(3)11-18-14(4)15(5)21;1-3-5-4-2;1-3-2/h8-9,11-12H,6-7,10H2,1-5H3;3-5H2,1-2H3;3H2,1-2H3/b13-11+,18-14?;;. The molecule has 1 rings (SSSR count). The fourth-order valence-corrected chi connectivity index (χ4v) is 2.22. The Morgan fingerprint density at radius 1 is 1.00 bits per heavy atom. The number of aromatic nitrogens is 1. The first-order chi connectivity index (χ1) is 13.8. The molecule has 0 aliphatic carbocycles. The molecule has 1 aromatic heterocycles. The third-order valence-electron chi connectivity index (χ3n) is 4.07. The Hall–Kier alpha value is -1.97. The van der Waals surface area contributed by atoms with Gasteiger partial charge in [-0.25, -0.2) is 4.98 Å². The Morgan fingerprint density at radius 3 is 1.93 bits per heavy atom. The molecule has 1 aromatic rings. The predicted octanol–water partition coefficient (Wildman–Crippen LogP) is 7.34. The number of carbonyl (C=O) groups excluding carboxylic acids is 1. The van der Waals surface area contributed by atoms with Crippen LogP contribution in [0, 0.1) is 0 Å². The van der Waals surface area contributed by atoms with E-state index in [-0.39, 0.29) is 5.78 Å². The minimum Gasteiger partial charge on any atom is -0.357 e. The highest BCUT2D eigenvalue weighted by molar-refractivity contribution is 6.38. The van der Waals surface area contributed by atoms with Gasteiger partial charge in [-0.2, -0.15) is 0 Å². The number of ketones is 1. The molecule has 0 saturated heterocycles. The van der Waals surface area contributed by atoms with Gasteiger partial charge < -0.3 is 4.90 Å². The van der Waals surface area contributed by atoms with Crippen molar-refractivity contribution in [3.8, 4) is 0 Å². The van der Waals surface area contributed by atoms with Crippen molar-refractivity contribution in [2.45, 2.75) is 94.4 Å². The van der Waals surface area contributed by atoms with E-state index in [4.69, 9.17) is 0 Å². The van der Waals surface area contributed by atoms with E-state index in [1.807, 2.05) is 25.3 Å². The largest absolute Gasteiger partial charge is 0.357 e. The van der Waals surface area contributed by atoms with Gasteiger partial charge in [-0.3, -0.25) is 9.79 Å². The molecule has 0 N–H and O–H groups in total. The zero-order valence-corrected chi connectivity index (χ0v) is 20.5. The molecule has 0 atom stereocenters. The normalized spacial score (nSPS) is 11.1. The summed E-state index contributed by atoms with van der Waals surface area (Å²) in [5, 5.41) is 0. The SMILES string of the molecule is CCC.CCCCC.CCCN(CC)c1ccc(/C(C)=C/N=C(C)C(C)=O)cn1. The minimum atomic E-state index is -0.00863. The first-order valence-electron chi connectivity index (χ1n) is 11.3. The molecule has 0 amide bonds. The zero-order chi connectivity index (χ0) is 22.7. The van der Waals surface area contributed by atoms with Gasteiger partial charge in [-0.05, 0) is 50.5 Å². The third-order valence-corrected chi connectivity index (χ3v) is 4.07. The molecule has 4 heteroatoms. The van der Waals surface area contributed by atoms with Crippen LogP contribution in [0.5, 0.6) is 0 Å². The highest BCUT2D eigenvalue weighted by Gasteiger charge is 2.05. The van der Waals surface area contributed by atoms with Crippen LogP contribution in [0.3, 0.4) is 0 Å². The average molecular weight is 404 g/mol. The number of hydrogen-bond acceptors (Lipinski definition) is 4. The van der Waals surface area contributed by atoms with Crippen molar-refractivity contribution in [2.24, 2.45) is 4.99 Å². The maximum Gasteiger partial charge on any atom is 0.173 e. The van der Waals surface area contributed by atoms with Crippen molar-refractivity contribution in [3.05, 3.63) is 30.1 Å². The quantitative estimate of drug-likeness (QED) is 0.405. The summed E-state index contributed by atoms with van der Waals surface area (Å²) < 4.78 is 0. The predicted molar refractivity (Wildman–Crippen MR) is 131 cm³/mol. The Bertz CT molecular complexity index is 587. The molecule has 0 saturated carbocycles. The summed E-state index contributed by atoms with van der Waals surface area (Å²) in [6.45, 7) is 20.2. The molecule has 0 aliphatic rings. The van der Waals surface area contributed by atoms with Gasteiger partial charge in [0, 0.05) is 32.4 Å². The summed E-state index contributed by atoms with van der Waals surface area (Å²) in [5.41, 5.74) is 2.53. The topological polar surface area (TPSA) is 45.6 Å². The fourth-order valence-electron chi connectivity index (χ4n) is 2.22. The molecule has 0 spiro atoms. The Labute approximate surface area is 180 Å². The highest BCUT2D eigenvalue weighted by Crippen LogP contribution is 2.17. The Balaban J connectivity index is 0. The zero-order valence-electron chi connectivity index (χ0n) is 20.5. The number of Topliss-reactive ketones (excluding diaryl/α,β-unsaturated/α-hetero) is 1. The van der Waals surface area contributed by atoms with Crippen molar-refractivity contribution in [2.75, 3.05) is 18.0 Å². The maximum atomic E-state index is 11.1. The summed E-state index contributed by atoms with van der Waals surface area (Å²) >= 11 is 0. The number of rotatable bonds is 9. The Morgan fingerprint density at radius 2 is 1.59 bits per heavy atom. The molecule has 29 heavy (non-hydrogen) atoms. The van der Waals surface area contributed by atoms with Crippen LogP contribution >= 0.6 is 0 Å². The second-order valence-electron chi connectivity index (χ2n) is 7.13. The molecule has 0 fully saturated rings. The van der Waals surface area contributed by atoms with Crippen LogP contribution in [0.1, 0.15) is 100.0 Å². The minimum absolute atomic E-state index is 0.00863. The molecular weight excluding hydrogens is 358 g/mol. The van der Waals surface area contributed by atoms with Crippen LogP contribution in [0.2, 0.25) is 0 Å². The van der Waals surface area contributed by atoms with Crippen LogP contribution in [-0.2, 0) is 4.79 Å². The van der Waals surface area contributed by atoms with E-state index in [9.17, 15) is 4.79 Å². The smallest absolute Gasteiger partial charge is 0.173 e. The van der Waals surface area contributed by atoms with Crippen molar-refractivity contribution in [1.82, 2.24) is 4.98 Å². The van der Waals surface area contributed by atoms with Gasteiger partial charge in [0.25, 0.3) is 0 Å². The van der Waals surface area contributed by atoms with Gasteiger partial charge in [0.1, 0.15) is 5.82 Å². The van der Waals surface area contributed by atoms with Crippen molar-refractivity contribution in [3.63, 3.8) is 0 Å². The third kappa shape index (κ3) is 14.7. The van der Waals surface area contributed by atoms with Gasteiger partial charge in [-0.15, -0.1) is 0 Å².